The first-order valence-corrected chi connectivity index (χ1v) is 8.68. The minimum Gasteiger partial charge on any atom is -0.494 e. The first-order chi connectivity index (χ1) is 11.5. The van der Waals surface area contributed by atoms with Gasteiger partial charge in [-0.3, -0.25) is 9.59 Å². The van der Waals surface area contributed by atoms with Crippen molar-refractivity contribution < 1.29 is 14.3 Å². The van der Waals surface area contributed by atoms with E-state index in [9.17, 15) is 9.59 Å². The molecule has 2 rings (SSSR count). The lowest BCUT2D eigenvalue weighted by Gasteiger charge is -2.16. The maximum Gasteiger partial charge on any atom is 0.251 e. The number of hydrogen-bond acceptors (Lipinski definition) is 4. The van der Waals surface area contributed by atoms with Crippen LogP contribution in [0.2, 0.25) is 4.34 Å². The highest BCUT2D eigenvalue weighted by molar-refractivity contribution is 7.16. The van der Waals surface area contributed by atoms with Gasteiger partial charge in [0.25, 0.3) is 5.91 Å². The van der Waals surface area contributed by atoms with E-state index in [0.29, 0.717) is 28.8 Å². The molecule has 7 heteroatoms. The summed E-state index contributed by atoms with van der Waals surface area (Å²) >= 11 is 7.31. The molecule has 1 N–H and O–H groups in total. The van der Waals surface area contributed by atoms with Crippen molar-refractivity contribution >= 4 is 34.8 Å². The average molecular weight is 367 g/mol. The number of rotatable bonds is 7. The summed E-state index contributed by atoms with van der Waals surface area (Å²) in [7, 11) is 1.69. The topological polar surface area (TPSA) is 58.6 Å². The van der Waals surface area contributed by atoms with Crippen LogP contribution >= 0.6 is 22.9 Å². The Hall–Kier alpha value is -2.05. The molecular weight excluding hydrogens is 348 g/mol. The zero-order valence-electron chi connectivity index (χ0n) is 13.5. The van der Waals surface area contributed by atoms with Crippen LogP contribution in [0.1, 0.15) is 22.2 Å². The fraction of sp³-hybridized carbons (Fsp3) is 0.294. The van der Waals surface area contributed by atoms with Crippen LogP contribution in [0.5, 0.6) is 5.75 Å². The number of benzene rings is 1. The molecule has 0 saturated carbocycles. The molecule has 0 aliphatic rings. The predicted octanol–water partition coefficient (Wildman–Crippen LogP) is 3.19. The molecule has 1 aromatic heterocycles. The van der Waals surface area contributed by atoms with E-state index in [0.717, 1.165) is 4.88 Å². The maximum atomic E-state index is 12.1. The number of carbonyl (C=O) groups is 2. The Morgan fingerprint density at radius 2 is 1.92 bits per heavy atom. The number of ether oxygens (including phenoxy) is 1. The average Bonchev–Trinajstić information content (AvgIpc) is 2.98. The van der Waals surface area contributed by atoms with Crippen LogP contribution in [0.3, 0.4) is 0 Å². The van der Waals surface area contributed by atoms with Crippen molar-refractivity contribution in [3.8, 4) is 5.75 Å². The summed E-state index contributed by atoms with van der Waals surface area (Å²) in [4.78, 5) is 26.7. The molecule has 0 fully saturated rings. The van der Waals surface area contributed by atoms with Gasteiger partial charge >= 0.3 is 0 Å². The summed E-state index contributed by atoms with van der Waals surface area (Å²) < 4.78 is 6.02. The molecule has 5 nitrogen and oxygen atoms in total. The molecule has 0 aliphatic carbocycles. The Labute approximate surface area is 150 Å². The molecule has 1 aromatic carbocycles. The molecule has 1 heterocycles. The van der Waals surface area contributed by atoms with Crippen LogP contribution < -0.4 is 10.1 Å². The number of nitrogens with zero attached hydrogens (tertiary/aromatic N) is 1. The number of nitrogens with one attached hydrogen (secondary N) is 1. The van der Waals surface area contributed by atoms with Crippen molar-refractivity contribution in [2.45, 2.75) is 13.5 Å². The summed E-state index contributed by atoms with van der Waals surface area (Å²) in [5.74, 6) is 0.247. The number of thiophene rings is 1. The lowest BCUT2D eigenvalue weighted by atomic mass is 10.2. The lowest BCUT2D eigenvalue weighted by Crippen LogP contribution is -2.37. The third-order valence-electron chi connectivity index (χ3n) is 3.28. The second-order valence-corrected chi connectivity index (χ2v) is 6.90. The van der Waals surface area contributed by atoms with Crippen LogP contribution in [0.4, 0.5) is 0 Å². The van der Waals surface area contributed by atoms with Gasteiger partial charge < -0.3 is 15.0 Å². The molecule has 0 saturated heterocycles. The smallest absolute Gasteiger partial charge is 0.251 e. The van der Waals surface area contributed by atoms with E-state index in [1.165, 1.54) is 11.3 Å². The minimum absolute atomic E-state index is 0.0539. The van der Waals surface area contributed by atoms with Crippen LogP contribution in [0, 0.1) is 0 Å². The van der Waals surface area contributed by atoms with E-state index in [4.69, 9.17) is 16.3 Å². The first kappa shape index (κ1) is 18.3. The Morgan fingerprint density at radius 3 is 2.50 bits per heavy atom. The minimum atomic E-state index is -0.293. The van der Waals surface area contributed by atoms with Gasteiger partial charge in [0.2, 0.25) is 5.91 Å². The van der Waals surface area contributed by atoms with E-state index >= 15 is 0 Å². The Balaban J connectivity index is 1.82. The Kier molecular flexibility index (Phi) is 6.63. The maximum absolute atomic E-state index is 12.1. The van der Waals surface area contributed by atoms with Crippen molar-refractivity contribution in [3.63, 3.8) is 0 Å². The van der Waals surface area contributed by atoms with E-state index in [1.807, 2.05) is 13.0 Å². The van der Waals surface area contributed by atoms with Crippen molar-refractivity contribution in [3.05, 3.63) is 51.2 Å². The van der Waals surface area contributed by atoms with Crippen molar-refractivity contribution in [1.29, 1.82) is 0 Å². The van der Waals surface area contributed by atoms with Gasteiger partial charge in [-0.2, -0.15) is 0 Å². The predicted molar refractivity (Wildman–Crippen MR) is 95.7 cm³/mol. The summed E-state index contributed by atoms with van der Waals surface area (Å²) in [5, 5.41) is 2.63. The normalized spacial score (nSPS) is 10.3. The van der Waals surface area contributed by atoms with Gasteiger partial charge in [0, 0.05) is 17.5 Å². The summed E-state index contributed by atoms with van der Waals surface area (Å²) in [6.45, 7) is 2.88. The third-order valence-corrected chi connectivity index (χ3v) is 4.49. The van der Waals surface area contributed by atoms with Gasteiger partial charge in [-0.1, -0.05) is 11.6 Å². The molecule has 0 spiro atoms. The summed E-state index contributed by atoms with van der Waals surface area (Å²) in [6.07, 6.45) is 0. The molecule has 128 valence electrons. The van der Waals surface area contributed by atoms with Gasteiger partial charge in [-0.15, -0.1) is 11.3 Å². The second kappa shape index (κ2) is 8.70. The Bertz CT molecular complexity index is 700. The highest BCUT2D eigenvalue weighted by Gasteiger charge is 2.13. The van der Waals surface area contributed by atoms with Crippen LogP contribution in [0.25, 0.3) is 0 Å². The molecule has 0 aliphatic heterocycles. The monoisotopic (exact) mass is 366 g/mol. The largest absolute Gasteiger partial charge is 0.494 e. The van der Waals surface area contributed by atoms with Crippen molar-refractivity contribution in [2.24, 2.45) is 0 Å². The molecule has 2 aromatic rings. The van der Waals surface area contributed by atoms with Gasteiger partial charge in [0.15, 0.2) is 0 Å². The van der Waals surface area contributed by atoms with E-state index < -0.39 is 0 Å². The van der Waals surface area contributed by atoms with Crippen molar-refractivity contribution in [2.75, 3.05) is 20.2 Å². The fourth-order valence-electron chi connectivity index (χ4n) is 2.02. The van der Waals surface area contributed by atoms with Gasteiger partial charge in [0.05, 0.1) is 24.0 Å². The molecule has 0 bridgehead atoms. The third kappa shape index (κ3) is 5.25. The first-order valence-electron chi connectivity index (χ1n) is 7.49. The van der Waals surface area contributed by atoms with Crippen LogP contribution in [0.15, 0.2) is 36.4 Å². The van der Waals surface area contributed by atoms with Gasteiger partial charge in [-0.25, -0.2) is 0 Å². The second-order valence-electron chi connectivity index (χ2n) is 5.10. The van der Waals surface area contributed by atoms with Gasteiger partial charge in [0.1, 0.15) is 5.75 Å². The quantitative estimate of drug-likeness (QED) is 0.818. The van der Waals surface area contributed by atoms with E-state index in [2.05, 4.69) is 5.32 Å². The van der Waals surface area contributed by atoms with Crippen molar-refractivity contribution in [1.82, 2.24) is 10.2 Å². The summed E-state index contributed by atoms with van der Waals surface area (Å²) in [5.41, 5.74) is 0.485. The molecular formula is C17H19ClN2O3S. The van der Waals surface area contributed by atoms with Crippen LogP contribution in [-0.2, 0) is 11.3 Å². The SMILES string of the molecule is CCOc1ccc(C(=O)NCC(=O)N(C)Cc2ccc(Cl)s2)cc1. The van der Waals surface area contributed by atoms with Crippen LogP contribution in [-0.4, -0.2) is 36.9 Å². The molecule has 0 unspecified atom stereocenters. The fourth-order valence-corrected chi connectivity index (χ4v) is 3.16. The molecule has 2 amide bonds. The highest BCUT2D eigenvalue weighted by atomic mass is 35.5. The zero-order chi connectivity index (χ0) is 17.5. The van der Waals surface area contributed by atoms with Gasteiger partial charge in [-0.05, 0) is 43.3 Å². The zero-order valence-corrected chi connectivity index (χ0v) is 15.1. The lowest BCUT2D eigenvalue weighted by molar-refractivity contribution is -0.129. The Morgan fingerprint density at radius 1 is 1.21 bits per heavy atom. The summed E-state index contributed by atoms with van der Waals surface area (Å²) in [6, 6.07) is 10.5. The number of halogens is 1. The van der Waals surface area contributed by atoms with E-state index in [-0.39, 0.29) is 18.4 Å². The number of carbonyl (C=O) groups excluding carboxylic acids is 2. The molecule has 0 atom stereocenters. The standard InChI is InChI=1S/C17H19ClN2O3S/c1-3-23-13-6-4-12(5-7-13)17(22)19-10-16(21)20(2)11-14-8-9-15(18)24-14/h4-9H,3,10-11H2,1-2H3,(H,19,22). The number of amides is 2. The number of likely N-dealkylation sites (N-methyl/N-ethyl adjacent to an activating group) is 1. The number of hydrogen-bond donors (Lipinski definition) is 1. The highest BCUT2D eigenvalue weighted by Crippen LogP contribution is 2.22. The molecule has 0 radical (unpaired) electrons. The molecule has 24 heavy (non-hydrogen) atoms. The van der Waals surface area contributed by atoms with E-state index in [1.54, 1.807) is 42.3 Å².